The van der Waals surface area contributed by atoms with Crippen LogP contribution >= 0.6 is 11.3 Å². The Balaban J connectivity index is 2.12. The Morgan fingerprint density at radius 3 is 2.93 bits per heavy atom. The van der Waals surface area contributed by atoms with Crippen molar-refractivity contribution in [3.63, 3.8) is 0 Å². The van der Waals surface area contributed by atoms with Crippen molar-refractivity contribution in [1.29, 1.82) is 0 Å². The molecule has 15 heavy (non-hydrogen) atoms. The first-order valence-corrected chi connectivity index (χ1v) is 5.73. The molecule has 3 nitrogen and oxygen atoms in total. The molecule has 0 saturated heterocycles. The third kappa shape index (κ3) is 2.61. The number of hydrogen-bond donors (Lipinski definition) is 1. The summed E-state index contributed by atoms with van der Waals surface area (Å²) in [6.07, 6.45) is 2.59. The normalized spacial score (nSPS) is 12.7. The highest BCUT2D eigenvalue weighted by molar-refractivity contribution is 7.09. The van der Waals surface area contributed by atoms with Crippen LogP contribution in [0, 0.1) is 0 Å². The van der Waals surface area contributed by atoms with E-state index in [9.17, 15) is 0 Å². The third-order valence-electron chi connectivity index (χ3n) is 2.09. The zero-order valence-corrected chi connectivity index (χ0v) is 9.37. The van der Waals surface area contributed by atoms with Crippen LogP contribution in [0.4, 0.5) is 0 Å². The van der Waals surface area contributed by atoms with Crippen LogP contribution < -0.4 is 5.73 Å². The summed E-state index contributed by atoms with van der Waals surface area (Å²) in [5.74, 6) is 0. The molecule has 0 aliphatic heterocycles. The van der Waals surface area contributed by atoms with Gasteiger partial charge in [0.1, 0.15) is 0 Å². The van der Waals surface area contributed by atoms with E-state index in [1.165, 1.54) is 0 Å². The lowest BCUT2D eigenvalue weighted by atomic mass is 10.2. The summed E-state index contributed by atoms with van der Waals surface area (Å²) >= 11 is 1.64. The van der Waals surface area contributed by atoms with E-state index in [2.05, 4.69) is 9.97 Å². The minimum atomic E-state index is 0.0127. The molecular weight excluding hydrogens is 206 g/mol. The summed E-state index contributed by atoms with van der Waals surface area (Å²) < 4.78 is 0. The molecule has 0 fully saturated rings. The van der Waals surface area contributed by atoms with Crippen LogP contribution in [0.3, 0.4) is 0 Å². The van der Waals surface area contributed by atoms with Crippen LogP contribution in [0.25, 0.3) is 0 Å². The number of aromatic nitrogens is 2. The van der Waals surface area contributed by atoms with Crippen molar-refractivity contribution in [3.05, 3.63) is 46.2 Å². The SMILES string of the molecule is CC(N)c1csc(Cc2ccccn2)n1. The lowest BCUT2D eigenvalue weighted by Crippen LogP contribution is -2.05. The zero-order chi connectivity index (χ0) is 10.7. The van der Waals surface area contributed by atoms with Crippen molar-refractivity contribution in [2.24, 2.45) is 5.73 Å². The van der Waals surface area contributed by atoms with E-state index in [-0.39, 0.29) is 6.04 Å². The molecule has 0 amide bonds. The number of pyridine rings is 1. The highest BCUT2D eigenvalue weighted by Crippen LogP contribution is 2.16. The summed E-state index contributed by atoms with van der Waals surface area (Å²) in [6, 6.07) is 5.92. The van der Waals surface area contributed by atoms with E-state index in [0.29, 0.717) is 0 Å². The molecule has 0 bridgehead atoms. The number of thiazole rings is 1. The fourth-order valence-electron chi connectivity index (χ4n) is 1.27. The molecule has 78 valence electrons. The first kappa shape index (κ1) is 10.3. The molecule has 1 atom stereocenters. The molecule has 2 N–H and O–H groups in total. The molecule has 4 heteroatoms. The van der Waals surface area contributed by atoms with E-state index in [0.717, 1.165) is 22.8 Å². The highest BCUT2D eigenvalue weighted by Gasteiger charge is 2.06. The molecule has 2 aromatic rings. The summed E-state index contributed by atoms with van der Waals surface area (Å²) in [5.41, 5.74) is 7.76. The van der Waals surface area contributed by atoms with Crippen LogP contribution in [0.2, 0.25) is 0 Å². The maximum atomic E-state index is 5.75. The van der Waals surface area contributed by atoms with Gasteiger partial charge in [-0.2, -0.15) is 0 Å². The van der Waals surface area contributed by atoms with Gasteiger partial charge in [-0.3, -0.25) is 4.98 Å². The summed E-state index contributed by atoms with van der Waals surface area (Å²) in [6.45, 7) is 1.94. The average Bonchev–Trinajstić information content (AvgIpc) is 2.68. The van der Waals surface area contributed by atoms with Crippen LogP contribution in [-0.2, 0) is 6.42 Å². The predicted molar refractivity (Wildman–Crippen MR) is 61.8 cm³/mol. The van der Waals surface area contributed by atoms with Gasteiger partial charge in [0, 0.05) is 29.7 Å². The Labute approximate surface area is 93.0 Å². The highest BCUT2D eigenvalue weighted by atomic mass is 32.1. The van der Waals surface area contributed by atoms with Gasteiger partial charge in [-0.25, -0.2) is 4.98 Å². The molecule has 0 aromatic carbocycles. The van der Waals surface area contributed by atoms with E-state index in [4.69, 9.17) is 5.73 Å². The standard InChI is InChI=1S/C11H13N3S/c1-8(12)10-7-15-11(14-10)6-9-4-2-3-5-13-9/h2-5,7-8H,6,12H2,1H3. The first-order valence-electron chi connectivity index (χ1n) is 4.85. The number of hydrogen-bond acceptors (Lipinski definition) is 4. The lowest BCUT2D eigenvalue weighted by Gasteiger charge is -1.98. The summed E-state index contributed by atoms with van der Waals surface area (Å²) in [4.78, 5) is 8.72. The second kappa shape index (κ2) is 4.51. The van der Waals surface area contributed by atoms with Gasteiger partial charge in [0.25, 0.3) is 0 Å². The molecule has 0 spiro atoms. The van der Waals surface area contributed by atoms with Gasteiger partial charge >= 0.3 is 0 Å². The fourth-order valence-corrected chi connectivity index (χ4v) is 2.19. The zero-order valence-electron chi connectivity index (χ0n) is 8.55. The van der Waals surface area contributed by atoms with Crippen LogP contribution in [0.15, 0.2) is 29.8 Å². The van der Waals surface area contributed by atoms with Crippen LogP contribution in [0.1, 0.15) is 29.4 Å². The molecule has 0 aliphatic rings. The van der Waals surface area contributed by atoms with E-state index in [1.807, 2.05) is 30.5 Å². The van der Waals surface area contributed by atoms with E-state index >= 15 is 0 Å². The monoisotopic (exact) mass is 219 g/mol. The second-order valence-corrected chi connectivity index (χ2v) is 4.40. The van der Waals surface area contributed by atoms with Gasteiger partial charge in [-0.1, -0.05) is 6.07 Å². The maximum absolute atomic E-state index is 5.75. The molecule has 0 saturated carbocycles. The molecule has 0 radical (unpaired) electrons. The first-order chi connectivity index (χ1) is 7.25. The van der Waals surface area contributed by atoms with Crippen molar-refractivity contribution in [2.45, 2.75) is 19.4 Å². The van der Waals surface area contributed by atoms with E-state index in [1.54, 1.807) is 17.5 Å². The smallest absolute Gasteiger partial charge is 0.0988 e. The Bertz CT molecular complexity index is 422. The second-order valence-electron chi connectivity index (χ2n) is 3.45. The van der Waals surface area contributed by atoms with Crippen molar-refractivity contribution in [1.82, 2.24) is 9.97 Å². The topological polar surface area (TPSA) is 51.8 Å². The Morgan fingerprint density at radius 1 is 1.47 bits per heavy atom. The summed E-state index contributed by atoms with van der Waals surface area (Å²) in [7, 11) is 0. The van der Waals surface area contributed by atoms with Gasteiger partial charge in [-0.15, -0.1) is 11.3 Å². The molecule has 2 heterocycles. The van der Waals surface area contributed by atoms with Crippen LogP contribution in [0.5, 0.6) is 0 Å². The number of rotatable bonds is 3. The van der Waals surface area contributed by atoms with Crippen molar-refractivity contribution in [3.8, 4) is 0 Å². The van der Waals surface area contributed by atoms with Gasteiger partial charge in [0.05, 0.1) is 10.7 Å². The average molecular weight is 219 g/mol. The number of nitrogens with zero attached hydrogens (tertiary/aromatic N) is 2. The van der Waals surface area contributed by atoms with Crippen molar-refractivity contribution < 1.29 is 0 Å². The van der Waals surface area contributed by atoms with Crippen LogP contribution in [-0.4, -0.2) is 9.97 Å². The Hall–Kier alpha value is -1.26. The van der Waals surface area contributed by atoms with Gasteiger partial charge in [0.2, 0.25) is 0 Å². The van der Waals surface area contributed by atoms with E-state index < -0.39 is 0 Å². The lowest BCUT2D eigenvalue weighted by molar-refractivity contribution is 0.783. The largest absolute Gasteiger partial charge is 0.323 e. The van der Waals surface area contributed by atoms with Crippen molar-refractivity contribution >= 4 is 11.3 Å². The maximum Gasteiger partial charge on any atom is 0.0988 e. The Morgan fingerprint density at radius 2 is 2.33 bits per heavy atom. The molecule has 0 aliphatic carbocycles. The quantitative estimate of drug-likeness (QED) is 0.860. The van der Waals surface area contributed by atoms with Gasteiger partial charge in [0.15, 0.2) is 0 Å². The minimum absolute atomic E-state index is 0.0127. The minimum Gasteiger partial charge on any atom is -0.323 e. The van der Waals surface area contributed by atoms with Gasteiger partial charge < -0.3 is 5.73 Å². The Kier molecular flexibility index (Phi) is 3.08. The summed E-state index contributed by atoms with van der Waals surface area (Å²) in [5, 5.41) is 3.09. The van der Waals surface area contributed by atoms with Gasteiger partial charge in [-0.05, 0) is 19.1 Å². The van der Waals surface area contributed by atoms with Crippen molar-refractivity contribution in [2.75, 3.05) is 0 Å². The molecule has 2 rings (SSSR count). The predicted octanol–water partition coefficient (Wildman–Crippen LogP) is 2.15. The number of nitrogens with two attached hydrogens (primary N) is 1. The molecule has 1 unspecified atom stereocenters. The molecular formula is C11H13N3S. The third-order valence-corrected chi connectivity index (χ3v) is 2.96. The fraction of sp³-hybridized carbons (Fsp3) is 0.273. The molecule has 2 aromatic heterocycles.